The van der Waals surface area contributed by atoms with Gasteiger partial charge in [-0.3, -0.25) is 0 Å². The highest BCUT2D eigenvalue weighted by Crippen LogP contribution is 2.35. The smallest absolute Gasteiger partial charge is 0.0608 e. The molecular weight excluding hydrogens is 196 g/mol. The molecule has 16 heavy (non-hydrogen) atoms. The highest BCUT2D eigenvalue weighted by molar-refractivity contribution is 5.69. The summed E-state index contributed by atoms with van der Waals surface area (Å²) in [5.74, 6) is 0. The third-order valence-corrected chi connectivity index (χ3v) is 2.52. The second-order valence-electron chi connectivity index (χ2n) is 6.24. The van der Waals surface area contributed by atoms with Gasteiger partial charge in [0.05, 0.1) is 11.4 Å². The van der Waals surface area contributed by atoms with E-state index in [2.05, 4.69) is 52.5 Å². The fourth-order valence-corrected chi connectivity index (χ4v) is 2.42. The molecule has 1 rings (SSSR count). The Hall–Kier alpha value is -1.18. The van der Waals surface area contributed by atoms with Crippen LogP contribution in [0.15, 0.2) is 24.3 Å². The van der Waals surface area contributed by atoms with E-state index in [1.165, 1.54) is 0 Å². The Morgan fingerprint density at radius 1 is 0.875 bits per heavy atom. The van der Waals surface area contributed by atoms with Crippen LogP contribution in [0.5, 0.6) is 0 Å². The van der Waals surface area contributed by atoms with Gasteiger partial charge in [-0.2, -0.15) is 0 Å². The van der Waals surface area contributed by atoms with Gasteiger partial charge >= 0.3 is 0 Å². The summed E-state index contributed by atoms with van der Waals surface area (Å²) in [5.41, 5.74) is 8.13. The molecule has 0 atom stereocenters. The zero-order valence-electron chi connectivity index (χ0n) is 11.3. The first kappa shape index (κ1) is 12.9. The zero-order chi connectivity index (χ0) is 12.6. The topological polar surface area (TPSA) is 29.3 Å². The fourth-order valence-electron chi connectivity index (χ4n) is 2.42. The number of nitrogens with two attached hydrogens (primary N) is 1. The maximum Gasteiger partial charge on any atom is 0.0608 e. The van der Waals surface area contributed by atoms with Crippen LogP contribution in [-0.2, 0) is 0 Å². The van der Waals surface area contributed by atoms with Gasteiger partial charge in [0.2, 0.25) is 0 Å². The number of hydrogen-bond donors (Lipinski definition) is 1. The Labute approximate surface area is 99.5 Å². The van der Waals surface area contributed by atoms with Crippen molar-refractivity contribution in [3.8, 4) is 0 Å². The Bertz CT molecular complexity index is 342. The first-order chi connectivity index (χ1) is 7.14. The molecule has 0 saturated heterocycles. The highest BCUT2D eigenvalue weighted by Gasteiger charge is 2.32. The van der Waals surface area contributed by atoms with Crippen molar-refractivity contribution in [2.75, 3.05) is 10.6 Å². The van der Waals surface area contributed by atoms with E-state index in [4.69, 9.17) is 5.73 Å². The van der Waals surface area contributed by atoms with Gasteiger partial charge in [-0.15, -0.1) is 0 Å². The van der Waals surface area contributed by atoms with Crippen LogP contribution < -0.4 is 10.6 Å². The first-order valence-corrected chi connectivity index (χ1v) is 5.79. The predicted octanol–water partition coefficient (Wildman–Crippen LogP) is 3.67. The van der Waals surface area contributed by atoms with Gasteiger partial charge in [-0.1, -0.05) is 12.1 Å². The van der Waals surface area contributed by atoms with Gasteiger partial charge in [0.25, 0.3) is 0 Å². The molecule has 0 aromatic heterocycles. The molecule has 0 spiro atoms. The number of para-hydroxylation sites is 2. The van der Waals surface area contributed by atoms with E-state index in [-0.39, 0.29) is 11.1 Å². The monoisotopic (exact) mass is 220 g/mol. The highest BCUT2D eigenvalue weighted by atomic mass is 15.2. The molecular formula is C14H24N2. The molecule has 0 saturated carbocycles. The van der Waals surface area contributed by atoms with Crippen molar-refractivity contribution in [1.82, 2.24) is 0 Å². The van der Waals surface area contributed by atoms with E-state index in [0.717, 1.165) is 11.4 Å². The average molecular weight is 220 g/mol. The summed E-state index contributed by atoms with van der Waals surface area (Å²) >= 11 is 0. The molecule has 0 bridgehead atoms. The summed E-state index contributed by atoms with van der Waals surface area (Å²) in [5, 5.41) is 0. The molecule has 2 N–H and O–H groups in total. The van der Waals surface area contributed by atoms with Crippen molar-refractivity contribution in [3.05, 3.63) is 24.3 Å². The fraction of sp³-hybridized carbons (Fsp3) is 0.571. The normalized spacial score (nSPS) is 12.6. The number of nitrogens with zero attached hydrogens (tertiary/aromatic N) is 1. The molecule has 0 aliphatic rings. The molecule has 0 amide bonds. The van der Waals surface area contributed by atoms with Gasteiger partial charge in [-0.25, -0.2) is 0 Å². The number of rotatable bonds is 1. The number of hydrogen-bond acceptors (Lipinski definition) is 2. The summed E-state index contributed by atoms with van der Waals surface area (Å²) in [7, 11) is 0. The summed E-state index contributed by atoms with van der Waals surface area (Å²) < 4.78 is 0. The molecule has 0 aliphatic carbocycles. The molecule has 2 nitrogen and oxygen atoms in total. The third-order valence-electron chi connectivity index (χ3n) is 2.52. The van der Waals surface area contributed by atoms with Crippen LogP contribution in [0, 0.1) is 0 Å². The molecule has 0 unspecified atom stereocenters. The van der Waals surface area contributed by atoms with E-state index in [1.54, 1.807) is 0 Å². The summed E-state index contributed by atoms with van der Waals surface area (Å²) in [4.78, 5) is 2.37. The molecule has 0 heterocycles. The number of anilines is 2. The second-order valence-corrected chi connectivity index (χ2v) is 6.24. The van der Waals surface area contributed by atoms with E-state index in [1.807, 2.05) is 18.2 Å². The van der Waals surface area contributed by atoms with Crippen LogP contribution >= 0.6 is 0 Å². The van der Waals surface area contributed by atoms with Crippen LogP contribution in [0.4, 0.5) is 11.4 Å². The van der Waals surface area contributed by atoms with Crippen molar-refractivity contribution in [2.24, 2.45) is 0 Å². The first-order valence-electron chi connectivity index (χ1n) is 5.79. The van der Waals surface area contributed by atoms with Gasteiger partial charge in [0, 0.05) is 11.1 Å². The predicted molar refractivity (Wildman–Crippen MR) is 72.8 cm³/mol. The van der Waals surface area contributed by atoms with E-state index >= 15 is 0 Å². The van der Waals surface area contributed by atoms with Gasteiger partial charge < -0.3 is 10.6 Å². The van der Waals surface area contributed by atoms with Crippen molar-refractivity contribution < 1.29 is 0 Å². The largest absolute Gasteiger partial charge is 0.397 e. The van der Waals surface area contributed by atoms with Gasteiger partial charge in [0.1, 0.15) is 0 Å². The van der Waals surface area contributed by atoms with E-state index in [0.29, 0.717) is 0 Å². The summed E-state index contributed by atoms with van der Waals surface area (Å²) in [6.45, 7) is 13.3. The lowest BCUT2D eigenvalue weighted by atomic mass is 9.94. The summed E-state index contributed by atoms with van der Waals surface area (Å²) in [6, 6.07) is 8.06. The minimum atomic E-state index is 0.0493. The molecule has 1 aromatic carbocycles. The SMILES string of the molecule is CC(C)(C)N(c1ccccc1N)C(C)(C)C. The Balaban J connectivity index is 3.29. The lowest BCUT2D eigenvalue weighted by Gasteiger charge is -2.47. The quantitative estimate of drug-likeness (QED) is 0.732. The molecule has 0 radical (unpaired) electrons. The van der Waals surface area contributed by atoms with Crippen molar-refractivity contribution in [2.45, 2.75) is 52.6 Å². The molecule has 90 valence electrons. The molecule has 0 fully saturated rings. The lowest BCUT2D eigenvalue weighted by Crippen LogP contribution is -2.53. The molecule has 1 aromatic rings. The minimum Gasteiger partial charge on any atom is -0.397 e. The maximum atomic E-state index is 6.07. The van der Waals surface area contributed by atoms with Crippen molar-refractivity contribution in [3.63, 3.8) is 0 Å². The van der Waals surface area contributed by atoms with Crippen LogP contribution in [0.25, 0.3) is 0 Å². The number of benzene rings is 1. The lowest BCUT2D eigenvalue weighted by molar-refractivity contribution is 0.381. The van der Waals surface area contributed by atoms with Crippen LogP contribution in [-0.4, -0.2) is 11.1 Å². The Morgan fingerprint density at radius 3 is 1.69 bits per heavy atom. The van der Waals surface area contributed by atoms with Gasteiger partial charge in [-0.05, 0) is 53.7 Å². The molecule has 0 aliphatic heterocycles. The Morgan fingerprint density at radius 2 is 1.31 bits per heavy atom. The standard InChI is InChI=1S/C14H24N2/c1-13(2,3)16(14(4,5)6)12-10-8-7-9-11(12)15/h7-10H,15H2,1-6H3. The Kier molecular flexibility index (Phi) is 3.22. The van der Waals surface area contributed by atoms with Crippen molar-refractivity contribution in [1.29, 1.82) is 0 Å². The van der Waals surface area contributed by atoms with E-state index in [9.17, 15) is 0 Å². The van der Waals surface area contributed by atoms with Crippen LogP contribution in [0.1, 0.15) is 41.5 Å². The second kappa shape index (κ2) is 4.00. The minimum absolute atomic E-state index is 0.0493. The average Bonchev–Trinajstić information content (AvgIpc) is 2.03. The maximum absolute atomic E-state index is 6.07. The van der Waals surface area contributed by atoms with Gasteiger partial charge in [0.15, 0.2) is 0 Å². The zero-order valence-corrected chi connectivity index (χ0v) is 11.3. The molecule has 2 heteroatoms. The van der Waals surface area contributed by atoms with Crippen LogP contribution in [0.2, 0.25) is 0 Å². The van der Waals surface area contributed by atoms with Crippen LogP contribution in [0.3, 0.4) is 0 Å². The third kappa shape index (κ3) is 2.69. The number of nitrogen functional groups attached to an aromatic ring is 1. The van der Waals surface area contributed by atoms with Crippen molar-refractivity contribution >= 4 is 11.4 Å². The van der Waals surface area contributed by atoms with E-state index < -0.39 is 0 Å². The summed E-state index contributed by atoms with van der Waals surface area (Å²) in [6.07, 6.45) is 0.